The SMILES string of the molecule is Cc1cc2c(cc1NC(=O)NCCc1ccnn1C)n(C)c(=O)n2C. The van der Waals surface area contributed by atoms with Gasteiger partial charge in [-0.25, -0.2) is 9.59 Å². The second-order valence-electron chi connectivity index (χ2n) is 6.13. The third-order valence-electron chi connectivity index (χ3n) is 4.46. The van der Waals surface area contributed by atoms with Crippen molar-refractivity contribution in [2.24, 2.45) is 21.1 Å². The maximum absolute atomic E-state index is 12.2. The minimum atomic E-state index is -0.273. The maximum Gasteiger partial charge on any atom is 0.328 e. The van der Waals surface area contributed by atoms with Crippen molar-refractivity contribution in [3.05, 3.63) is 46.1 Å². The summed E-state index contributed by atoms with van der Waals surface area (Å²) < 4.78 is 4.95. The molecule has 0 fully saturated rings. The molecular formula is C17H22N6O2. The van der Waals surface area contributed by atoms with Crippen LogP contribution in [0.2, 0.25) is 0 Å². The predicted molar refractivity (Wildman–Crippen MR) is 96.8 cm³/mol. The lowest BCUT2D eigenvalue weighted by Gasteiger charge is -2.11. The van der Waals surface area contributed by atoms with E-state index in [0.717, 1.165) is 22.3 Å². The molecule has 0 bridgehead atoms. The van der Waals surface area contributed by atoms with E-state index in [-0.39, 0.29) is 11.7 Å². The van der Waals surface area contributed by atoms with Crippen LogP contribution in [0.3, 0.4) is 0 Å². The molecule has 2 N–H and O–H groups in total. The molecule has 1 aromatic carbocycles. The molecule has 2 amide bonds. The van der Waals surface area contributed by atoms with Gasteiger partial charge in [-0.3, -0.25) is 13.8 Å². The van der Waals surface area contributed by atoms with Crippen molar-refractivity contribution in [2.45, 2.75) is 13.3 Å². The Bertz CT molecular complexity index is 995. The highest BCUT2D eigenvalue weighted by Gasteiger charge is 2.12. The lowest BCUT2D eigenvalue weighted by atomic mass is 10.1. The van der Waals surface area contributed by atoms with Gasteiger partial charge >= 0.3 is 11.7 Å². The number of aromatic nitrogens is 4. The van der Waals surface area contributed by atoms with E-state index in [9.17, 15) is 9.59 Å². The van der Waals surface area contributed by atoms with Crippen LogP contribution < -0.4 is 16.3 Å². The summed E-state index contributed by atoms with van der Waals surface area (Å²) >= 11 is 0. The first-order valence-electron chi connectivity index (χ1n) is 8.06. The molecule has 0 aliphatic carbocycles. The van der Waals surface area contributed by atoms with E-state index in [4.69, 9.17) is 0 Å². The molecule has 0 aliphatic rings. The van der Waals surface area contributed by atoms with Gasteiger partial charge in [-0.1, -0.05) is 0 Å². The van der Waals surface area contributed by atoms with Crippen molar-refractivity contribution in [2.75, 3.05) is 11.9 Å². The molecule has 0 aliphatic heterocycles. The van der Waals surface area contributed by atoms with Crippen molar-refractivity contribution in [3.8, 4) is 0 Å². The van der Waals surface area contributed by atoms with Crippen LogP contribution in [0.4, 0.5) is 10.5 Å². The quantitative estimate of drug-likeness (QED) is 0.749. The zero-order chi connectivity index (χ0) is 18.1. The largest absolute Gasteiger partial charge is 0.337 e. The third-order valence-corrected chi connectivity index (χ3v) is 4.46. The molecule has 0 unspecified atom stereocenters. The molecule has 3 rings (SSSR count). The van der Waals surface area contributed by atoms with Gasteiger partial charge in [0.25, 0.3) is 0 Å². The number of amides is 2. The minimum Gasteiger partial charge on any atom is -0.337 e. The molecule has 0 saturated carbocycles. The number of anilines is 1. The van der Waals surface area contributed by atoms with Crippen molar-refractivity contribution >= 4 is 22.8 Å². The molecule has 132 valence electrons. The first-order chi connectivity index (χ1) is 11.9. The Hall–Kier alpha value is -3.03. The highest BCUT2D eigenvalue weighted by atomic mass is 16.2. The number of carbonyl (C=O) groups is 1. The highest BCUT2D eigenvalue weighted by molar-refractivity contribution is 5.93. The Balaban J connectivity index is 1.70. The highest BCUT2D eigenvalue weighted by Crippen LogP contribution is 2.22. The minimum absolute atomic E-state index is 0.0906. The van der Waals surface area contributed by atoms with E-state index >= 15 is 0 Å². The van der Waals surface area contributed by atoms with Crippen LogP contribution in [0.25, 0.3) is 11.0 Å². The van der Waals surface area contributed by atoms with Crippen LogP contribution in [-0.4, -0.2) is 31.5 Å². The summed E-state index contributed by atoms with van der Waals surface area (Å²) in [5, 5.41) is 9.79. The van der Waals surface area contributed by atoms with Gasteiger partial charge in [-0.15, -0.1) is 0 Å². The number of hydrogen-bond acceptors (Lipinski definition) is 3. The Kier molecular flexibility index (Phi) is 4.35. The monoisotopic (exact) mass is 342 g/mol. The van der Waals surface area contributed by atoms with Crippen LogP contribution in [0.15, 0.2) is 29.2 Å². The number of nitrogens with one attached hydrogen (secondary N) is 2. The van der Waals surface area contributed by atoms with Gasteiger partial charge in [-0.05, 0) is 30.7 Å². The van der Waals surface area contributed by atoms with E-state index in [0.29, 0.717) is 18.7 Å². The number of hydrogen-bond donors (Lipinski definition) is 2. The molecule has 3 aromatic rings. The second-order valence-corrected chi connectivity index (χ2v) is 6.13. The van der Waals surface area contributed by atoms with Crippen LogP contribution in [0.5, 0.6) is 0 Å². The number of imidazole rings is 1. The lowest BCUT2D eigenvalue weighted by molar-refractivity contribution is 0.252. The summed E-state index contributed by atoms with van der Waals surface area (Å²) in [6.45, 7) is 2.42. The molecule has 8 nitrogen and oxygen atoms in total. The first-order valence-corrected chi connectivity index (χ1v) is 8.06. The summed E-state index contributed by atoms with van der Waals surface area (Å²) in [5.41, 5.74) is 4.17. The number of aryl methyl sites for hydroxylation is 4. The summed E-state index contributed by atoms with van der Waals surface area (Å²) in [6, 6.07) is 5.38. The van der Waals surface area contributed by atoms with Crippen LogP contribution in [0, 0.1) is 6.92 Å². The fourth-order valence-corrected chi connectivity index (χ4v) is 2.90. The standard InChI is InChI=1S/C17H22N6O2/c1-11-9-14-15(22(3)17(25)21(14)2)10-13(11)20-16(24)18-7-5-12-6-8-19-23(12)4/h6,8-10H,5,7H2,1-4H3,(H2,18,20,24). The van der Waals surface area contributed by atoms with Crippen LogP contribution >= 0.6 is 0 Å². The zero-order valence-electron chi connectivity index (χ0n) is 14.8. The van der Waals surface area contributed by atoms with E-state index in [1.54, 1.807) is 34.1 Å². The Morgan fingerprint density at radius 2 is 1.84 bits per heavy atom. The summed E-state index contributed by atoms with van der Waals surface area (Å²) in [6.07, 6.45) is 2.44. The number of rotatable bonds is 4. The van der Waals surface area contributed by atoms with Crippen LogP contribution in [0.1, 0.15) is 11.3 Å². The van der Waals surface area contributed by atoms with E-state index in [1.165, 1.54) is 0 Å². The second kappa shape index (κ2) is 6.46. The molecule has 0 spiro atoms. The fraction of sp³-hybridized carbons (Fsp3) is 0.353. The molecular weight excluding hydrogens is 320 g/mol. The fourth-order valence-electron chi connectivity index (χ4n) is 2.90. The van der Waals surface area contributed by atoms with Crippen molar-refractivity contribution in [3.63, 3.8) is 0 Å². The van der Waals surface area contributed by atoms with Crippen molar-refractivity contribution < 1.29 is 4.79 Å². The Morgan fingerprint density at radius 3 is 2.48 bits per heavy atom. The normalized spacial score (nSPS) is 11.0. The average Bonchev–Trinajstić information content (AvgIpc) is 3.06. The van der Waals surface area contributed by atoms with Gasteiger partial charge in [0.1, 0.15) is 0 Å². The van der Waals surface area contributed by atoms with Gasteiger partial charge < -0.3 is 10.6 Å². The number of urea groups is 1. The molecule has 0 saturated heterocycles. The number of benzene rings is 1. The van der Waals surface area contributed by atoms with Gasteiger partial charge in [0.2, 0.25) is 0 Å². The molecule has 0 atom stereocenters. The number of fused-ring (bicyclic) bond motifs is 1. The summed E-state index contributed by atoms with van der Waals surface area (Å²) in [7, 11) is 5.33. The van der Waals surface area contributed by atoms with E-state index in [2.05, 4.69) is 15.7 Å². The van der Waals surface area contributed by atoms with E-state index < -0.39 is 0 Å². The third kappa shape index (κ3) is 3.15. The van der Waals surface area contributed by atoms with Gasteiger partial charge in [0.15, 0.2) is 0 Å². The smallest absolute Gasteiger partial charge is 0.328 e. The molecule has 0 radical (unpaired) electrons. The summed E-state index contributed by atoms with van der Waals surface area (Å²) in [4.78, 5) is 24.2. The maximum atomic E-state index is 12.2. The van der Waals surface area contributed by atoms with Gasteiger partial charge in [0.05, 0.1) is 11.0 Å². The number of carbonyl (C=O) groups excluding carboxylic acids is 1. The van der Waals surface area contributed by atoms with Crippen molar-refractivity contribution in [1.29, 1.82) is 0 Å². The van der Waals surface area contributed by atoms with Gasteiger partial charge in [-0.2, -0.15) is 5.10 Å². The zero-order valence-corrected chi connectivity index (χ0v) is 14.8. The van der Waals surface area contributed by atoms with E-state index in [1.807, 2.05) is 32.2 Å². The lowest BCUT2D eigenvalue weighted by Crippen LogP contribution is -2.31. The molecule has 2 aromatic heterocycles. The molecule has 25 heavy (non-hydrogen) atoms. The Morgan fingerprint density at radius 1 is 1.16 bits per heavy atom. The average molecular weight is 342 g/mol. The number of nitrogens with zero attached hydrogens (tertiary/aromatic N) is 4. The first kappa shape index (κ1) is 16.8. The molecule has 2 heterocycles. The summed E-state index contributed by atoms with van der Waals surface area (Å²) in [5.74, 6) is 0. The molecule has 8 heteroatoms. The Labute approximate surface area is 145 Å². The van der Waals surface area contributed by atoms with Crippen LogP contribution in [-0.2, 0) is 27.6 Å². The predicted octanol–water partition coefficient (Wildman–Crippen LogP) is 1.28. The van der Waals surface area contributed by atoms with Crippen molar-refractivity contribution in [1.82, 2.24) is 24.2 Å². The topological polar surface area (TPSA) is 85.9 Å². The van der Waals surface area contributed by atoms with Gasteiger partial charge in [0, 0.05) is 51.7 Å².